The number of aryl methyl sites for hydroxylation is 1. The molecule has 1 aliphatic rings. The Morgan fingerprint density at radius 2 is 2.15 bits per heavy atom. The fraction of sp³-hybridized carbons (Fsp3) is 0.421. The Labute approximate surface area is 160 Å². The number of Topliss-reactive ketones (excluding diaryl/α,β-unsaturated/α-hetero) is 1. The lowest BCUT2D eigenvalue weighted by atomic mass is 9.91. The lowest BCUT2D eigenvalue weighted by molar-refractivity contribution is 0.102. The SMILES string of the molecule is COCCn1c(N)c(C(=O)CSC2CCCc3ccccc32)c(=O)[nH]c1=O. The number of ketones is 1. The van der Waals surface area contributed by atoms with E-state index in [0.29, 0.717) is 0 Å². The van der Waals surface area contributed by atoms with E-state index in [1.165, 1.54) is 34.6 Å². The molecule has 1 heterocycles. The normalized spacial score (nSPS) is 16.1. The first-order valence-corrected chi connectivity index (χ1v) is 9.92. The van der Waals surface area contributed by atoms with Gasteiger partial charge in [0.15, 0.2) is 5.78 Å². The van der Waals surface area contributed by atoms with Gasteiger partial charge in [0.2, 0.25) is 0 Å². The molecular weight excluding hydrogens is 366 g/mol. The topological polar surface area (TPSA) is 107 Å². The number of anilines is 1. The number of nitrogens with one attached hydrogen (secondary N) is 1. The summed E-state index contributed by atoms with van der Waals surface area (Å²) in [4.78, 5) is 39.0. The number of aromatic nitrogens is 2. The number of carbonyl (C=O) groups excluding carboxylic acids is 1. The van der Waals surface area contributed by atoms with Crippen LogP contribution in [0.15, 0.2) is 33.9 Å². The summed E-state index contributed by atoms with van der Waals surface area (Å²) in [6.45, 7) is 0.415. The van der Waals surface area contributed by atoms with Crippen molar-refractivity contribution < 1.29 is 9.53 Å². The zero-order chi connectivity index (χ0) is 19.4. The second-order valence-electron chi connectivity index (χ2n) is 6.48. The first-order chi connectivity index (χ1) is 13.0. The van der Waals surface area contributed by atoms with Crippen molar-refractivity contribution in [3.8, 4) is 0 Å². The molecule has 0 bridgehead atoms. The van der Waals surface area contributed by atoms with Gasteiger partial charge >= 0.3 is 5.69 Å². The van der Waals surface area contributed by atoms with Crippen LogP contribution in [-0.4, -0.2) is 34.8 Å². The molecule has 0 saturated carbocycles. The van der Waals surface area contributed by atoms with Crippen molar-refractivity contribution in [3.63, 3.8) is 0 Å². The quantitative estimate of drug-likeness (QED) is 0.699. The van der Waals surface area contributed by atoms with E-state index >= 15 is 0 Å². The summed E-state index contributed by atoms with van der Waals surface area (Å²) in [7, 11) is 1.50. The number of H-pyrrole nitrogens is 1. The maximum atomic E-state index is 12.7. The number of methoxy groups -OCH3 is 1. The number of ether oxygens (including phenoxy) is 1. The van der Waals surface area contributed by atoms with Gasteiger partial charge in [0.05, 0.1) is 18.9 Å². The average Bonchev–Trinajstić information content (AvgIpc) is 2.66. The molecule has 0 radical (unpaired) electrons. The monoisotopic (exact) mass is 389 g/mol. The predicted molar refractivity (Wildman–Crippen MR) is 107 cm³/mol. The third-order valence-corrected chi connectivity index (χ3v) is 6.09. The standard InChI is InChI=1S/C19H23N3O4S/c1-26-10-9-22-17(20)16(18(24)21-19(22)25)14(23)11-27-15-8-4-6-12-5-2-3-7-13(12)15/h2-3,5,7,15H,4,6,8-11,20H2,1H3,(H,21,24,25). The second kappa shape index (κ2) is 8.58. The smallest absolute Gasteiger partial charge is 0.330 e. The Kier molecular flexibility index (Phi) is 6.18. The van der Waals surface area contributed by atoms with Crippen molar-refractivity contribution in [2.24, 2.45) is 0 Å². The van der Waals surface area contributed by atoms with Gasteiger partial charge in [0.1, 0.15) is 11.4 Å². The lowest BCUT2D eigenvalue weighted by Gasteiger charge is -2.24. The van der Waals surface area contributed by atoms with Crippen LogP contribution in [0, 0.1) is 0 Å². The highest BCUT2D eigenvalue weighted by Gasteiger charge is 2.24. The Bertz CT molecular complexity index is 951. The molecule has 0 amide bonds. The highest BCUT2D eigenvalue weighted by molar-refractivity contribution is 8.00. The van der Waals surface area contributed by atoms with Gasteiger partial charge in [0, 0.05) is 12.4 Å². The minimum absolute atomic E-state index is 0.101. The number of hydrogen-bond acceptors (Lipinski definition) is 6. The van der Waals surface area contributed by atoms with Crippen LogP contribution in [0.4, 0.5) is 5.82 Å². The Morgan fingerprint density at radius 1 is 1.37 bits per heavy atom. The van der Waals surface area contributed by atoms with Crippen LogP contribution < -0.4 is 17.0 Å². The van der Waals surface area contributed by atoms with Crippen molar-refractivity contribution in [2.75, 3.05) is 25.2 Å². The summed E-state index contributed by atoms with van der Waals surface area (Å²) >= 11 is 1.52. The molecule has 1 aromatic heterocycles. The molecule has 144 valence electrons. The van der Waals surface area contributed by atoms with Gasteiger partial charge in [-0.25, -0.2) is 4.79 Å². The van der Waals surface area contributed by atoms with Crippen LogP contribution in [-0.2, 0) is 17.7 Å². The molecule has 3 N–H and O–H groups in total. The molecule has 0 aliphatic heterocycles. The first kappa shape index (κ1) is 19.4. The predicted octanol–water partition coefficient (Wildman–Crippen LogP) is 1.76. The molecule has 8 heteroatoms. The van der Waals surface area contributed by atoms with Crippen LogP contribution in [0.5, 0.6) is 0 Å². The molecule has 1 aromatic carbocycles. The minimum Gasteiger partial charge on any atom is -0.384 e. The largest absolute Gasteiger partial charge is 0.384 e. The first-order valence-electron chi connectivity index (χ1n) is 8.87. The highest BCUT2D eigenvalue weighted by Crippen LogP contribution is 2.39. The minimum atomic E-state index is -0.735. The molecule has 2 aromatic rings. The van der Waals surface area contributed by atoms with Crippen molar-refractivity contribution in [3.05, 3.63) is 61.8 Å². The number of nitrogen functional groups attached to an aromatic ring is 1. The number of benzene rings is 1. The van der Waals surface area contributed by atoms with Gasteiger partial charge in [-0.15, -0.1) is 11.8 Å². The number of thioether (sulfide) groups is 1. The summed E-state index contributed by atoms with van der Waals surface area (Å²) in [5, 5.41) is 0.221. The maximum Gasteiger partial charge on any atom is 0.330 e. The van der Waals surface area contributed by atoms with E-state index in [9.17, 15) is 14.4 Å². The summed E-state index contributed by atoms with van der Waals surface area (Å²) in [5.41, 5.74) is 7.02. The molecule has 0 saturated heterocycles. The summed E-state index contributed by atoms with van der Waals surface area (Å²) < 4.78 is 6.12. The molecule has 0 spiro atoms. The fourth-order valence-corrected chi connectivity index (χ4v) is 4.63. The molecule has 1 atom stereocenters. The molecule has 7 nitrogen and oxygen atoms in total. The summed E-state index contributed by atoms with van der Waals surface area (Å²) in [6, 6.07) is 8.26. The van der Waals surface area contributed by atoms with Crippen molar-refractivity contribution in [1.29, 1.82) is 0 Å². The number of carbonyl (C=O) groups is 1. The summed E-state index contributed by atoms with van der Waals surface area (Å²) in [5.74, 6) is -0.335. The zero-order valence-corrected chi connectivity index (χ0v) is 16.0. The van der Waals surface area contributed by atoms with Crippen LogP contribution >= 0.6 is 11.8 Å². The molecule has 3 rings (SSSR count). The number of rotatable bonds is 7. The van der Waals surface area contributed by atoms with Gasteiger partial charge in [-0.3, -0.25) is 19.1 Å². The van der Waals surface area contributed by atoms with E-state index in [-0.39, 0.29) is 41.3 Å². The van der Waals surface area contributed by atoms with Gasteiger partial charge in [-0.1, -0.05) is 24.3 Å². The van der Waals surface area contributed by atoms with Gasteiger partial charge in [-0.2, -0.15) is 0 Å². The number of fused-ring (bicyclic) bond motifs is 1. The van der Waals surface area contributed by atoms with E-state index in [1.54, 1.807) is 0 Å². The zero-order valence-electron chi connectivity index (χ0n) is 15.2. The average molecular weight is 389 g/mol. The van der Waals surface area contributed by atoms with E-state index < -0.39 is 11.2 Å². The number of aromatic amines is 1. The van der Waals surface area contributed by atoms with Gasteiger partial charge in [0.25, 0.3) is 5.56 Å². The van der Waals surface area contributed by atoms with E-state index in [4.69, 9.17) is 10.5 Å². The molecular formula is C19H23N3O4S. The molecule has 27 heavy (non-hydrogen) atoms. The maximum absolute atomic E-state index is 12.7. The van der Waals surface area contributed by atoms with E-state index in [0.717, 1.165) is 19.3 Å². The van der Waals surface area contributed by atoms with Crippen molar-refractivity contribution in [1.82, 2.24) is 9.55 Å². The fourth-order valence-electron chi connectivity index (χ4n) is 3.39. The molecule has 1 unspecified atom stereocenters. The van der Waals surface area contributed by atoms with Crippen LogP contribution in [0.3, 0.4) is 0 Å². The molecule has 0 fully saturated rings. The van der Waals surface area contributed by atoms with E-state index in [2.05, 4.69) is 17.1 Å². The third kappa shape index (κ3) is 4.17. The van der Waals surface area contributed by atoms with Crippen LogP contribution in [0.2, 0.25) is 0 Å². The van der Waals surface area contributed by atoms with Gasteiger partial charge in [-0.05, 0) is 30.4 Å². The lowest BCUT2D eigenvalue weighted by Crippen LogP contribution is -2.37. The second-order valence-corrected chi connectivity index (χ2v) is 7.67. The van der Waals surface area contributed by atoms with Crippen LogP contribution in [0.1, 0.15) is 39.6 Å². The van der Waals surface area contributed by atoms with Crippen LogP contribution in [0.25, 0.3) is 0 Å². The number of hydrogen-bond donors (Lipinski definition) is 2. The molecule has 1 aliphatic carbocycles. The Hall–Kier alpha value is -2.32. The summed E-state index contributed by atoms with van der Waals surface area (Å²) in [6.07, 6.45) is 3.12. The highest BCUT2D eigenvalue weighted by atomic mass is 32.2. The van der Waals surface area contributed by atoms with Gasteiger partial charge < -0.3 is 10.5 Å². The number of nitrogens with two attached hydrogens (primary N) is 1. The van der Waals surface area contributed by atoms with Crippen molar-refractivity contribution in [2.45, 2.75) is 31.1 Å². The third-order valence-electron chi connectivity index (χ3n) is 4.77. The number of nitrogens with zero attached hydrogens (tertiary/aromatic N) is 1. The Balaban J connectivity index is 1.79. The van der Waals surface area contributed by atoms with E-state index in [1.807, 2.05) is 12.1 Å². The Morgan fingerprint density at radius 3 is 2.93 bits per heavy atom. The van der Waals surface area contributed by atoms with Crippen molar-refractivity contribution >= 4 is 23.4 Å².